The molecule has 1 aliphatic rings. The summed E-state index contributed by atoms with van der Waals surface area (Å²) in [6, 6.07) is 15.3. The van der Waals surface area contributed by atoms with Gasteiger partial charge in [0.15, 0.2) is 3.95 Å². The Hall–Kier alpha value is -4.37. The van der Waals surface area contributed by atoms with Gasteiger partial charge in [-0.15, -0.1) is 11.3 Å². The number of nitrogens with zero attached hydrogens (tertiary/aromatic N) is 2. The van der Waals surface area contributed by atoms with Gasteiger partial charge >= 0.3 is 12.1 Å². The number of carbonyl (C=O) groups is 2. The van der Waals surface area contributed by atoms with E-state index in [1.807, 2.05) is 6.08 Å². The number of rotatable bonds is 10. The van der Waals surface area contributed by atoms with Crippen LogP contribution in [0.25, 0.3) is 16.7 Å². The summed E-state index contributed by atoms with van der Waals surface area (Å²) in [6.07, 6.45) is -3.00. The molecule has 1 amide bonds. The Morgan fingerprint density at radius 1 is 1.00 bits per heavy atom. The molecule has 0 atom stereocenters. The number of carboxylic acid groups (broad SMARTS) is 1. The SMILES string of the molecule is O=C(CCn1c(O)c(C(=CCN2CCOCC2)c2cccc(-c3ccc(F)c(C(F)(F)F)c3)c2)sc1=S)Nc1ccc(C(=O)O)cc1. The standard InChI is InChI=1S/C33H29F4N3O5S2/c34-27-9-6-22(19-26(27)33(35,36)37)21-2-1-3-23(18-21)25(10-12-39-14-16-45-17-15-39)29-30(42)40(32(46)47-29)13-11-28(41)38-24-7-4-20(5-8-24)31(43)44/h1-10,18-19,42H,11-17H2,(H,38,41)(H,43,44). The predicted molar refractivity (Wildman–Crippen MR) is 173 cm³/mol. The average molecular weight is 688 g/mol. The molecule has 1 aromatic heterocycles. The third-order valence-electron chi connectivity index (χ3n) is 7.53. The average Bonchev–Trinajstić information content (AvgIpc) is 3.32. The Morgan fingerprint density at radius 2 is 1.70 bits per heavy atom. The summed E-state index contributed by atoms with van der Waals surface area (Å²) in [4.78, 5) is 26.3. The molecule has 3 aromatic carbocycles. The van der Waals surface area contributed by atoms with Crippen molar-refractivity contribution < 1.29 is 42.1 Å². The molecular weight excluding hydrogens is 659 g/mol. The lowest BCUT2D eigenvalue weighted by atomic mass is 9.96. The van der Waals surface area contributed by atoms with E-state index in [9.17, 15) is 32.3 Å². The summed E-state index contributed by atoms with van der Waals surface area (Å²) in [5.74, 6) is -3.00. The van der Waals surface area contributed by atoms with Crippen LogP contribution in [0, 0.1) is 9.77 Å². The summed E-state index contributed by atoms with van der Waals surface area (Å²) in [6.45, 7) is 3.05. The highest BCUT2D eigenvalue weighted by Gasteiger charge is 2.34. The monoisotopic (exact) mass is 687 g/mol. The van der Waals surface area contributed by atoms with Crippen molar-refractivity contribution in [2.24, 2.45) is 0 Å². The number of carbonyl (C=O) groups excluding carboxylic acids is 1. The van der Waals surface area contributed by atoms with E-state index >= 15 is 0 Å². The van der Waals surface area contributed by atoms with Gasteiger partial charge in [-0.3, -0.25) is 14.3 Å². The first kappa shape index (κ1) is 34.0. The highest BCUT2D eigenvalue weighted by molar-refractivity contribution is 7.73. The van der Waals surface area contributed by atoms with Gasteiger partial charge in [-0.1, -0.05) is 30.3 Å². The van der Waals surface area contributed by atoms with Crippen molar-refractivity contribution in [2.75, 3.05) is 38.2 Å². The third-order valence-corrected chi connectivity index (χ3v) is 9.00. The van der Waals surface area contributed by atoms with Gasteiger partial charge in [0.05, 0.1) is 29.2 Å². The molecule has 8 nitrogen and oxygen atoms in total. The molecule has 3 N–H and O–H groups in total. The number of hydrogen-bond acceptors (Lipinski definition) is 7. The Bertz CT molecular complexity index is 1860. The summed E-state index contributed by atoms with van der Waals surface area (Å²) >= 11 is 6.69. The Balaban J connectivity index is 1.43. The number of ether oxygens (including phenoxy) is 1. The zero-order valence-corrected chi connectivity index (χ0v) is 26.4. The molecule has 5 rings (SSSR count). The number of aromatic nitrogens is 1. The number of alkyl halides is 3. The van der Waals surface area contributed by atoms with Crippen LogP contribution in [-0.4, -0.2) is 64.4 Å². The minimum Gasteiger partial charge on any atom is -0.493 e. The smallest absolute Gasteiger partial charge is 0.419 e. The van der Waals surface area contributed by atoms with Crippen LogP contribution in [-0.2, 0) is 22.3 Å². The van der Waals surface area contributed by atoms with E-state index in [0.29, 0.717) is 64.1 Å². The molecule has 47 heavy (non-hydrogen) atoms. The maximum absolute atomic E-state index is 14.0. The molecule has 4 aromatic rings. The fraction of sp³-hybridized carbons (Fsp3) is 0.242. The van der Waals surface area contributed by atoms with E-state index in [-0.39, 0.29) is 35.9 Å². The van der Waals surface area contributed by atoms with Gasteiger partial charge < -0.3 is 20.3 Å². The van der Waals surface area contributed by atoms with Crippen molar-refractivity contribution in [3.8, 4) is 17.0 Å². The molecule has 0 unspecified atom stereocenters. The number of anilines is 1. The van der Waals surface area contributed by atoms with Crippen LogP contribution in [0.3, 0.4) is 0 Å². The van der Waals surface area contributed by atoms with Crippen molar-refractivity contribution >= 4 is 46.7 Å². The Kier molecular flexibility index (Phi) is 10.5. The molecule has 1 saturated heterocycles. The second kappa shape index (κ2) is 14.6. The number of nitrogens with one attached hydrogen (secondary N) is 1. The Labute approximate surface area is 276 Å². The molecule has 0 aliphatic carbocycles. The summed E-state index contributed by atoms with van der Waals surface area (Å²) in [5, 5.41) is 23.1. The van der Waals surface area contributed by atoms with Gasteiger partial charge in [0.25, 0.3) is 0 Å². The lowest BCUT2D eigenvalue weighted by Crippen LogP contribution is -2.36. The van der Waals surface area contributed by atoms with Crippen molar-refractivity contribution in [2.45, 2.75) is 19.1 Å². The minimum absolute atomic E-state index is 0.0484. The van der Waals surface area contributed by atoms with Crippen molar-refractivity contribution in [3.63, 3.8) is 0 Å². The van der Waals surface area contributed by atoms with E-state index in [4.69, 9.17) is 22.1 Å². The van der Waals surface area contributed by atoms with Gasteiger partial charge in [-0.05, 0) is 71.4 Å². The number of amides is 1. The van der Waals surface area contributed by atoms with Crippen LogP contribution < -0.4 is 5.32 Å². The highest BCUT2D eigenvalue weighted by atomic mass is 32.1. The first-order valence-corrected chi connectivity index (χ1v) is 15.7. The van der Waals surface area contributed by atoms with Crippen LogP contribution >= 0.6 is 23.6 Å². The zero-order valence-electron chi connectivity index (χ0n) is 24.7. The first-order valence-electron chi connectivity index (χ1n) is 14.4. The first-order chi connectivity index (χ1) is 22.4. The quantitative estimate of drug-likeness (QED) is 0.119. The molecule has 1 aliphatic heterocycles. The van der Waals surface area contributed by atoms with Gasteiger partial charge in [-0.2, -0.15) is 13.2 Å². The number of hydrogen-bond donors (Lipinski definition) is 3. The lowest BCUT2D eigenvalue weighted by molar-refractivity contribution is -0.140. The number of morpholine rings is 1. The topological polar surface area (TPSA) is 104 Å². The predicted octanol–water partition coefficient (Wildman–Crippen LogP) is 7.30. The fourth-order valence-electron chi connectivity index (χ4n) is 5.04. The molecule has 246 valence electrons. The molecule has 0 radical (unpaired) electrons. The van der Waals surface area contributed by atoms with Crippen LogP contribution in [0.15, 0.2) is 72.8 Å². The van der Waals surface area contributed by atoms with E-state index in [0.717, 1.165) is 23.5 Å². The molecule has 1 fully saturated rings. The summed E-state index contributed by atoms with van der Waals surface area (Å²) in [7, 11) is 0. The normalized spacial score (nSPS) is 14.3. The molecule has 0 saturated carbocycles. The maximum Gasteiger partial charge on any atom is 0.419 e. The molecule has 0 bridgehead atoms. The Morgan fingerprint density at radius 3 is 2.38 bits per heavy atom. The largest absolute Gasteiger partial charge is 0.493 e. The zero-order chi connectivity index (χ0) is 33.7. The molecule has 0 spiro atoms. The van der Waals surface area contributed by atoms with Crippen LogP contribution in [0.4, 0.5) is 23.2 Å². The van der Waals surface area contributed by atoms with Gasteiger partial charge in [0, 0.05) is 43.9 Å². The van der Waals surface area contributed by atoms with E-state index < -0.39 is 23.5 Å². The number of halogens is 4. The molecular formula is C33H29F4N3O5S2. The van der Waals surface area contributed by atoms with E-state index in [1.54, 1.807) is 24.3 Å². The molecule has 14 heteroatoms. The van der Waals surface area contributed by atoms with Crippen molar-refractivity contribution in [3.05, 3.63) is 104 Å². The van der Waals surface area contributed by atoms with Gasteiger partial charge in [-0.25, -0.2) is 9.18 Å². The number of thiazole rings is 1. The van der Waals surface area contributed by atoms with Gasteiger partial charge in [0.1, 0.15) is 5.82 Å². The van der Waals surface area contributed by atoms with Crippen molar-refractivity contribution in [1.82, 2.24) is 9.47 Å². The summed E-state index contributed by atoms with van der Waals surface area (Å²) < 4.78 is 61.5. The van der Waals surface area contributed by atoms with E-state index in [2.05, 4.69) is 10.2 Å². The minimum atomic E-state index is -4.86. The number of benzene rings is 3. The van der Waals surface area contributed by atoms with Crippen LogP contribution in [0.1, 0.15) is 32.8 Å². The maximum atomic E-state index is 14.0. The lowest BCUT2D eigenvalue weighted by Gasteiger charge is -2.25. The fourth-order valence-corrected chi connectivity index (χ4v) is 6.44. The molecule has 2 heterocycles. The van der Waals surface area contributed by atoms with Crippen LogP contribution in [0.2, 0.25) is 0 Å². The van der Waals surface area contributed by atoms with Gasteiger partial charge in [0.2, 0.25) is 11.8 Å². The number of aromatic carboxylic acids is 1. The number of aromatic hydroxyl groups is 1. The summed E-state index contributed by atoms with van der Waals surface area (Å²) in [5.41, 5.74) is 0.901. The second-order valence-corrected chi connectivity index (χ2v) is 12.3. The van der Waals surface area contributed by atoms with E-state index in [1.165, 1.54) is 34.9 Å². The third kappa shape index (κ3) is 8.32. The highest BCUT2D eigenvalue weighted by Crippen LogP contribution is 2.39. The second-order valence-electron chi connectivity index (χ2n) is 10.7. The number of carboxylic acids is 1. The van der Waals surface area contributed by atoms with Crippen LogP contribution in [0.5, 0.6) is 5.88 Å². The van der Waals surface area contributed by atoms with Crippen molar-refractivity contribution in [1.29, 1.82) is 0 Å².